The number of aromatic nitrogens is 1. The van der Waals surface area contributed by atoms with Crippen LogP contribution in [-0.2, 0) is 4.79 Å². The van der Waals surface area contributed by atoms with Gasteiger partial charge in [-0.2, -0.15) is 0 Å². The lowest BCUT2D eigenvalue weighted by Crippen LogP contribution is -2.14. The van der Waals surface area contributed by atoms with Crippen molar-refractivity contribution in [3.63, 3.8) is 0 Å². The lowest BCUT2D eigenvalue weighted by atomic mass is 10.0. The molecule has 0 atom stereocenters. The molecule has 0 saturated heterocycles. The highest BCUT2D eigenvalue weighted by molar-refractivity contribution is 6.10. The fourth-order valence-electron chi connectivity index (χ4n) is 2.10. The minimum atomic E-state index is -0.256. The molecule has 3 rings (SSSR count). The summed E-state index contributed by atoms with van der Waals surface area (Å²) in [4.78, 5) is 28.5. The van der Waals surface area contributed by atoms with Gasteiger partial charge in [-0.25, -0.2) is 0 Å². The molecule has 1 aromatic carbocycles. The number of ketones is 1. The number of nitrogens with zero attached hydrogens (tertiary/aromatic N) is 1. The molecule has 0 aliphatic heterocycles. The number of aryl methyl sites for hydroxylation is 1. The third-order valence-electron chi connectivity index (χ3n) is 3.48. The van der Waals surface area contributed by atoms with Crippen molar-refractivity contribution in [3.05, 3.63) is 59.4 Å². The van der Waals surface area contributed by atoms with Gasteiger partial charge in [-0.1, -0.05) is 18.2 Å². The van der Waals surface area contributed by atoms with E-state index < -0.39 is 0 Å². The van der Waals surface area contributed by atoms with Gasteiger partial charge in [-0.3, -0.25) is 14.6 Å². The third kappa shape index (κ3) is 2.84. The van der Waals surface area contributed by atoms with Crippen LogP contribution in [0.1, 0.15) is 34.5 Å². The quantitative estimate of drug-likeness (QED) is 0.491. The van der Waals surface area contributed by atoms with Gasteiger partial charge < -0.3 is 4.74 Å². The van der Waals surface area contributed by atoms with Crippen LogP contribution in [-0.4, -0.2) is 16.7 Å². The topological polar surface area (TPSA) is 56.3 Å². The molecule has 0 amide bonds. The van der Waals surface area contributed by atoms with Gasteiger partial charge in [0.05, 0.1) is 11.5 Å². The van der Waals surface area contributed by atoms with E-state index in [0.717, 1.165) is 18.4 Å². The molecular weight excluding hydrogens is 266 g/mol. The van der Waals surface area contributed by atoms with Crippen LogP contribution >= 0.6 is 0 Å². The highest BCUT2D eigenvalue weighted by Crippen LogP contribution is 2.32. The van der Waals surface area contributed by atoms with Crippen LogP contribution in [0.3, 0.4) is 0 Å². The van der Waals surface area contributed by atoms with Crippen molar-refractivity contribution in [1.82, 2.24) is 4.98 Å². The number of hydrogen-bond acceptors (Lipinski definition) is 4. The highest BCUT2D eigenvalue weighted by Gasteiger charge is 2.32. The van der Waals surface area contributed by atoms with Crippen molar-refractivity contribution in [1.29, 1.82) is 0 Å². The molecule has 106 valence electrons. The maximum Gasteiger partial charge on any atom is 0.314 e. The molecule has 0 radical (unpaired) electrons. The summed E-state index contributed by atoms with van der Waals surface area (Å²) in [7, 11) is 0. The molecule has 1 saturated carbocycles. The Morgan fingerprint density at radius 3 is 2.62 bits per heavy atom. The van der Waals surface area contributed by atoms with Gasteiger partial charge in [0.1, 0.15) is 11.4 Å². The normalized spacial score (nSPS) is 13.8. The van der Waals surface area contributed by atoms with Gasteiger partial charge in [0.2, 0.25) is 5.78 Å². The van der Waals surface area contributed by atoms with E-state index in [0.29, 0.717) is 17.0 Å². The van der Waals surface area contributed by atoms with Gasteiger partial charge in [0.15, 0.2) is 0 Å². The van der Waals surface area contributed by atoms with Gasteiger partial charge in [-0.15, -0.1) is 0 Å². The van der Waals surface area contributed by atoms with Crippen molar-refractivity contribution in [2.75, 3.05) is 0 Å². The zero-order valence-electron chi connectivity index (χ0n) is 11.7. The van der Waals surface area contributed by atoms with E-state index in [2.05, 4.69) is 4.98 Å². The highest BCUT2D eigenvalue weighted by atomic mass is 16.5. The van der Waals surface area contributed by atoms with Gasteiger partial charge in [-0.05, 0) is 43.5 Å². The maximum absolute atomic E-state index is 12.6. The molecule has 21 heavy (non-hydrogen) atoms. The maximum atomic E-state index is 12.6. The minimum Gasteiger partial charge on any atom is -0.426 e. The van der Waals surface area contributed by atoms with Gasteiger partial charge in [0, 0.05) is 6.20 Å². The molecule has 0 spiro atoms. The Kier molecular flexibility index (Phi) is 3.52. The van der Waals surface area contributed by atoms with E-state index in [1.807, 2.05) is 13.0 Å². The molecule has 0 unspecified atom stereocenters. The Labute approximate surface area is 122 Å². The van der Waals surface area contributed by atoms with Crippen molar-refractivity contribution >= 4 is 11.8 Å². The van der Waals surface area contributed by atoms with Crippen LogP contribution < -0.4 is 4.74 Å². The van der Waals surface area contributed by atoms with Crippen LogP contribution in [0.25, 0.3) is 0 Å². The lowest BCUT2D eigenvalue weighted by molar-refractivity contribution is -0.135. The van der Waals surface area contributed by atoms with Crippen LogP contribution in [0.5, 0.6) is 5.75 Å². The first-order valence-electron chi connectivity index (χ1n) is 6.94. The molecule has 0 N–H and O–H groups in total. The molecule has 2 aromatic rings. The number of carbonyl (C=O) groups excluding carboxylic acids is 2. The molecule has 1 heterocycles. The molecule has 4 nitrogen and oxygen atoms in total. The van der Waals surface area contributed by atoms with Crippen molar-refractivity contribution in [2.24, 2.45) is 5.92 Å². The molecule has 0 bridgehead atoms. The first-order chi connectivity index (χ1) is 10.2. The monoisotopic (exact) mass is 281 g/mol. The van der Waals surface area contributed by atoms with Crippen molar-refractivity contribution in [2.45, 2.75) is 19.8 Å². The zero-order valence-corrected chi connectivity index (χ0v) is 11.7. The SMILES string of the molecule is Cc1cccnc1C(=O)c1ccccc1OC(=O)C1CC1. The van der Waals surface area contributed by atoms with E-state index in [1.54, 1.807) is 36.5 Å². The lowest BCUT2D eigenvalue weighted by Gasteiger charge is -2.09. The molecule has 1 aliphatic carbocycles. The summed E-state index contributed by atoms with van der Waals surface area (Å²) in [6.45, 7) is 1.83. The second-order valence-corrected chi connectivity index (χ2v) is 5.19. The first kappa shape index (κ1) is 13.5. The van der Waals surface area contributed by atoms with Crippen molar-refractivity contribution < 1.29 is 14.3 Å². The van der Waals surface area contributed by atoms with E-state index in [4.69, 9.17) is 4.74 Å². The van der Waals surface area contributed by atoms with Crippen LogP contribution in [0, 0.1) is 12.8 Å². The summed E-state index contributed by atoms with van der Waals surface area (Å²) in [5.74, 6) is -0.186. The number of para-hydroxylation sites is 1. The summed E-state index contributed by atoms with van der Waals surface area (Å²) in [5.41, 5.74) is 1.55. The molecular formula is C17H15NO3. The standard InChI is InChI=1S/C17H15NO3/c1-11-5-4-10-18-15(11)16(19)13-6-2-3-7-14(13)21-17(20)12-8-9-12/h2-7,10,12H,8-9H2,1H3. The molecule has 1 aromatic heterocycles. The Morgan fingerprint density at radius 2 is 1.90 bits per heavy atom. The summed E-state index contributed by atoms with van der Waals surface area (Å²) in [6, 6.07) is 10.4. The largest absolute Gasteiger partial charge is 0.426 e. The van der Waals surface area contributed by atoms with E-state index in [9.17, 15) is 9.59 Å². The second-order valence-electron chi connectivity index (χ2n) is 5.19. The summed E-state index contributed by atoms with van der Waals surface area (Å²) < 4.78 is 5.36. The Morgan fingerprint density at radius 1 is 1.14 bits per heavy atom. The second kappa shape index (κ2) is 5.48. The average molecular weight is 281 g/mol. The van der Waals surface area contributed by atoms with Crippen LogP contribution in [0.4, 0.5) is 0 Å². The molecule has 1 aliphatic rings. The van der Waals surface area contributed by atoms with Gasteiger partial charge >= 0.3 is 5.97 Å². The Bertz CT molecular complexity index is 705. The van der Waals surface area contributed by atoms with E-state index >= 15 is 0 Å². The fraction of sp³-hybridized carbons (Fsp3) is 0.235. The minimum absolute atomic E-state index is 0.00950. The third-order valence-corrected chi connectivity index (χ3v) is 3.48. The van der Waals surface area contributed by atoms with Crippen LogP contribution in [0.15, 0.2) is 42.6 Å². The number of carbonyl (C=O) groups is 2. The number of ether oxygens (including phenoxy) is 1. The van der Waals surface area contributed by atoms with E-state index in [-0.39, 0.29) is 17.7 Å². The predicted molar refractivity (Wildman–Crippen MR) is 77.2 cm³/mol. The number of pyridine rings is 1. The Hall–Kier alpha value is -2.49. The number of esters is 1. The fourth-order valence-corrected chi connectivity index (χ4v) is 2.10. The summed E-state index contributed by atoms with van der Waals surface area (Å²) in [5, 5.41) is 0. The number of hydrogen-bond donors (Lipinski definition) is 0. The van der Waals surface area contributed by atoms with Gasteiger partial charge in [0.25, 0.3) is 0 Å². The Balaban J connectivity index is 1.93. The zero-order chi connectivity index (χ0) is 14.8. The molecule has 4 heteroatoms. The average Bonchev–Trinajstić information content (AvgIpc) is 3.32. The summed E-state index contributed by atoms with van der Waals surface area (Å²) >= 11 is 0. The van der Waals surface area contributed by atoms with E-state index in [1.165, 1.54) is 0 Å². The smallest absolute Gasteiger partial charge is 0.314 e. The number of rotatable bonds is 4. The first-order valence-corrected chi connectivity index (χ1v) is 6.94. The number of benzene rings is 1. The van der Waals surface area contributed by atoms with Crippen LogP contribution in [0.2, 0.25) is 0 Å². The molecule has 1 fully saturated rings. The van der Waals surface area contributed by atoms with Crippen molar-refractivity contribution in [3.8, 4) is 5.75 Å². The predicted octanol–water partition coefficient (Wildman–Crippen LogP) is 2.94. The summed E-state index contributed by atoms with van der Waals surface area (Å²) in [6.07, 6.45) is 3.32.